The molecule has 1 aliphatic carbocycles. The van der Waals surface area contributed by atoms with Crippen LogP contribution in [-0.2, 0) is 13.1 Å². The summed E-state index contributed by atoms with van der Waals surface area (Å²) in [6.45, 7) is 9.45. The Labute approximate surface area is 297 Å². The number of nitrogens with zero attached hydrogens (tertiary/aromatic N) is 7. The van der Waals surface area contributed by atoms with Gasteiger partial charge < -0.3 is 15.5 Å². The van der Waals surface area contributed by atoms with Crippen LogP contribution < -0.4 is 21.1 Å². The number of pyridine rings is 2. The monoisotopic (exact) mass is 694 g/mol. The standard InChI is InChI=1S/C38H44FN9O3/c1-23-31-21-42-38(44-35(31)48(28-5-3-4-6-28)37(51)34(23)24(2)49)43-33-8-7-29(20-40-33)47-15-13-46(14-16-47)27-9-11-45(12-10-27)22-26-17-25-19-41-36(50)30(25)18-32(26)39/h7-8,17-18,20-21,27-28H,3-6,9-16,19,22H2,1-2H3,(H,41,50)(H,40,42,43,44)/i/hD. The zero-order chi connectivity index (χ0) is 36.1. The zero-order valence-corrected chi connectivity index (χ0v) is 29.2. The van der Waals surface area contributed by atoms with E-state index in [-0.39, 0.29) is 35.3 Å². The fourth-order valence-electron chi connectivity index (χ4n) is 8.46. The molecule has 0 atom stereocenters. The highest BCUT2D eigenvalue weighted by molar-refractivity contribution is 5.99. The summed E-state index contributed by atoms with van der Waals surface area (Å²) in [5.41, 5.74) is 3.80. The van der Waals surface area contributed by atoms with Crippen molar-refractivity contribution in [2.75, 3.05) is 49.5 Å². The first-order valence-electron chi connectivity index (χ1n) is 18.6. The molecule has 266 valence electrons. The number of piperazine rings is 1. The Hall–Kier alpha value is -4.75. The maximum absolute atomic E-state index is 14.8. The largest absolute Gasteiger partial charge is 0.368 e. The summed E-state index contributed by atoms with van der Waals surface area (Å²) in [5.74, 6) is -0.0906. The van der Waals surface area contributed by atoms with Crippen molar-refractivity contribution in [2.45, 2.75) is 77.5 Å². The number of anilines is 3. The van der Waals surface area contributed by atoms with Gasteiger partial charge in [0.25, 0.3) is 11.5 Å². The normalized spacial score (nSPS) is 19.6. The molecule has 4 aliphatic rings. The highest BCUT2D eigenvalue weighted by Gasteiger charge is 2.30. The van der Waals surface area contributed by atoms with E-state index in [2.05, 4.69) is 36.1 Å². The average molecular weight is 695 g/mol. The molecule has 2 saturated heterocycles. The first-order chi connectivity index (χ1) is 25.1. The Morgan fingerprint density at radius 1 is 1.00 bits per heavy atom. The Bertz CT molecular complexity index is 2090. The number of carbonyl (C=O) groups is 2. The van der Waals surface area contributed by atoms with Crippen molar-refractivity contribution in [3.8, 4) is 0 Å². The molecule has 6 heterocycles. The Morgan fingerprint density at radius 2 is 1.76 bits per heavy atom. The molecule has 0 radical (unpaired) electrons. The number of halogens is 1. The highest BCUT2D eigenvalue weighted by atomic mass is 19.1. The van der Waals surface area contributed by atoms with Crippen LogP contribution in [0, 0.1) is 12.7 Å². The summed E-state index contributed by atoms with van der Waals surface area (Å²) in [6, 6.07) is 7.55. The summed E-state index contributed by atoms with van der Waals surface area (Å²) >= 11 is 0. The second kappa shape index (κ2) is 13.8. The third kappa shape index (κ3) is 6.48. The smallest absolute Gasteiger partial charge is 0.263 e. The summed E-state index contributed by atoms with van der Waals surface area (Å²) in [4.78, 5) is 59.2. The van der Waals surface area contributed by atoms with Gasteiger partial charge in [-0.25, -0.2) is 14.4 Å². The minimum atomic E-state index is -0.436. The lowest BCUT2D eigenvalue weighted by Gasteiger charge is -2.43. The number of likely N-dealkylation sites (tertiary alicyclic amines) is 1. The van der Waals surface area contributed by atoms with Gasteiger partial charge in [0, 0.05) is 74.1 Å². The number of aromatic nitrogens is 4. The predicted molar refractivity (Wildman–Crippen MR) is 193 cm³/mol. The first kappa shape index (κ1) is 32.2. The molecule has 13 heteroatoms. The maximum Gasteiger partial charge on any atom is 0.263 e. The first-order valence-corrected chi connectivity index (χ1v) is 18.1. The van der Waals surface area contributed by atoms with Crippen LogP contribution in [0.4, 0.5) is 21.8 Å². The molecule has 3 aromatic heterocycles. The van der Waals surface area contributed by atoms with Crippen LogP contribution in [0.3, 0.4) is 0 Å². The van der Waals surface area contributed by atoms with Gasteiger partial charge in [-0.15, -0.1) is 0 Å². The Morgan fingerprint density at radius 3 is 2.47 bits per heavy atom. The molecule has 4 aromatic rings. The maximum atomic E-state index is 14.8. The summed E-state index contributed by atoms with van der Waals surface area (Å²) in [6.07, 6.45) is 9.47. The van der Waals surface area contributed by atoms with Crippen LogP contribution in [0.5, 0.6) is 0 Å². The number of piperidine rings is 1. The zero-order valence-electron chi connectivity index (χ0n) is 30.2. The van der Waals surface area contributed by atoms with E-state index in [1.807, 2.05) is 12.3 Å². The van der Waals surface area contributed by atoms with Gasteiger partial charge in [0.05, 0.1) is 17.4 Å². The van der Waals surface area contributed by atoms with Gasteiger partial charge in [0.2, 0.25) is 5.95 Å². The number of rotatable bonds is 8. The second-order valence-corrected chi connectivity index (χ2v) is 14.4. The van der Waals surface area contributed by atoms with Gasteiger partial charge in [0.15, 0.2) is 7.20 Å². The number of hydrogen-bond acceptors (Lipinski definition) is 10. The van der Waals surface area contributed by atoms with Gasteiger partial charge in [-0.3, -0.25) is 28.8 Å². The summed E-state index contributed by atoms with van der Waals surface area (Å²) in [5, 5.41) is 4.81. The molecule has 1 aromatic carbocycles. The predicted octanol–water partition coefficient (Wildman–Crippen LogP) is 4.73. The average Bonchev–Trinajstić information content (AvgIpc) is 3.77. The number of nitrogens with one attached hydrogen (secondary N) is 2. The number of fused-ring (bicyclic) bond motifs is 2. The molecule has 0 spiro atoms. The molecule has 12 nitrogen and oxygen atoms in total. The molecule has 1 amide bonds. The Kier molecular flexibility index (Phi) is 8.68. The molecule has 0 bridgehead atoms. The van der Waals surface area contributed by atoms with Crippen molar-refractivity contribution in [3.63, 3.8) is 0 Å². The molecular weight excluding hydrogens is 649 g/mol. The summed E-state index contributed by atoms with van der Waals surface area (Å²) < 4.78 is 24.3. The van der Waals surface area contributed by atoms with E-state index in [0.29, 0.717) is 52.1 Å². The number of carbonyl (C=O) groups excluding carboxylic acids is 2. The van der Waals surface area contributed by atoms with Crippen molar-refractivity contribution in [1.82, 2.24) is 34.6 Å². The van der Waals surface area contributed by atoms with Crippen molar-refractivity contribution < 1.29 is 15.4 Å². The van der Waals surface area contributed by atoms with Gasteiger partial charge in [-0.05, 0) is 88.0 Å². The van der Waals surface area contributed by atoms with Crippen LogP contribution >= 0.6 is 0 Å². The SMILES string of the molecule is [2H]N1Cc2cc(CN3CCC(N4CCN(c5ccc(Nc6ncc7c(C)c(C(C)=O)c(=O)n(C8CCCC8)c7n6)nc5)CC4)CC3)c(F)cc2C1=O. The third-order valence-electron chi connectivity index (χ3n) is 11.3. The minimum absolute atomic E-state index is 0.0146. The molecule has 8 rings (SSSR count). The van der Waals surface area contributed by atoms with E-state index in [4.69, 9.17) is 6.40 Å². The van der Waals surface area contributed by atoms with Crippen LogP contribution in [-0.4, -0.2) is 86.3 Å². The van der Waals surface area contributed by atoms with Gasteiger partial charge in [0.1, 0.15) is 17.3 Å². The third-order valence-corrected chi connectivity index (χ3v) is 11.3. The molecular formula is C38H44FN9O3. The number of hydrogen-bond donors (Lipinski definition) is 2. The van der Waals surface area contributed by atoms with Crippen LogP contribution in [0.2, 0.25) is 1.41 Å². The van der Waals surface area contributed by atoms with E-state index < -0.39 is 5.91 Å². The molecule has 1 saturated carbocycles. The van der Waals surface area contributed by atoms with Crippen LogP contribution in [0.25, 0.3) is 11.0 Å². The van der Waals surface area contributed by atoms with Crippen molar-refractivity contribution in [1.29, 1.82) is 0 Å². The van der Waals surface area contributed by atoms with E-state index in [9.17, 15) is 18.8 Å². The van der Waals surface area contributed by atoms with Crippen molar-refractivity contribution in [2.24, 2.45) is 0 Å². The molecule has 3 fully saturated rings. The lowest BCUT2D eigenvalue weighted by atomic mass is 10.0. The number of Topliss-reactive ketones (excluding diaryl/α,β-unsaturated/α-hetero) is 1. The molecule has 0 unspecified atom stereocenters. The fourth-order valence-corrected chi connectivity index (χ4v) is 8.46. The molecule has 2 N–H and O–H groups in total. The van der Waals surface area contributed by atoms with E-state index in [1.54, 1.807) is 23.8 Å². The number of ketones is 1. The summed E-state index contributed by atoms with van der Waals surface area (Å²) in [7, 11) is 0. The lowest BCUT2D eigenvalue weighted by Crippen LogP contribution is -2.53. The molecule has 3 aliphatic heterocycles. The Balaban J connectivity index is 0.866. The van der Waals surface area contributed by atoms with E-state index in [0.717, 1.165) is 94.4 Å². The van der Waals surface area contributed by atoms with Crippen molar-refractivity contribution >= 4 is 40.2 Å². The number of benzene rings is 1. The second-order valence-electron chi connectivity index (χ2n) is 14.4. The number of aryl methyl sites for hydroxylation is 1. The highest BCUT2D eigenvalue weighted by Crippen LogP contribution is 2.32. The van der Waals surface area contributed by atoms with Crippen LogP contribution in [0.15, 0.2) is 41.5 Å². The van der Waals surface area contributed by atoms with Gasteiger partial charge in [-0.1, -0.05) is 12.8 Å². The van der Waals surface area contributed by atoms with Gasteiger partial charge >= 0.3 is 0 Å². The quantitative estimate of drug-likeness (QED) is 0.250. The number of amides is 1. The van der Waals surface area contributed by atoms with E-state index >= 15 is 0 Å². The van der Waals surface area contributed by atoms with E-state index in [1.165, 1.54) is 13.0 Å². The lowest BCUT2D eigenvalue weighted by molar-refractivity contribution is 0.0963. The van der Waals surface area contributed by atoms with Crippen molar-refractivity contribution in [3.05, 3.63) is 80.6 Å². The molecule has 51 heavy (non-hydrogen) atoms. The van der Waals surface area contributed by atoms with Gasteiger partial charge in [-0.2, -0.15) is 4.98 Å². The van der Waals surface area contributed by atoms with Crippen LogP contribution in [0.1, 0.15) is 88.9 Å². The minimum Gasteiger partial charge on any atom is -0.368 e. The topological polar surface area (TPSA) is 129 Å². The fraction of sp³-hybridized carbons (Fsp3) is 0.474.